The third kappa shape index (κ3) is 2.57. The van der Waals surface area contributed by atoms with E-state index in [4.69, 9.17) is 0 Å². The fourth-order valence-corrected chi connectivity index (χ4v) is 1.38. The van der Waals surface area contributed by atoms with E-state index in [1.165, 1.54) is 7.11 Å². The molecule has 0 atom stereocenters. The highest BCUT2D eigenvalue weighted by Crippen LogP contribution is 2.10. The second-order valence-corrected chi connectivity index (χ2v) is 3.04. The van der Waals surface area contributed by atoms with Gasteiger partial charge in [0.05, 0.1) is 7.11 Å². The highest BCUT2D eigenvalue weighted by molar-refractivity contribution is 5.94. The summed E-state index contributed by atoms with van der Waals surface area (Å²) in [5.41, 5.74) is 4.07. The predicted molar refractivity (Wildman–Crippen MR) is 54.9 cm³/mol. The molecule has 0 aliphatic rings. The van der Waals surface area contributed by atoms with Gasteiger partial charge in [0.1, 0.15) is 0 Å². The third-order valence-electron chi connectivity index (χ3n) is 1.98. The van der Waals surface area contributed by atoms with Crippen molar-refractivity contribution in [3.8, 4) is 0 Å². The zero-order chi connectivity index (χ0) is 10.4. The molecule has 0 unspecified atom stereocenters. The van der Waals surface area contributed by atoms with E-state index in [1.807, 2.05) is 18.2 Å². The summed E-state index contributed by atoms with van der Waals surface area (Å²) in [6, 6.07) is 7.56. The van der Waals surface area contributed by atoms with Gasteiger partial charge in [0.25, 0.3) is 5.91 Å². The lowest BCUT2D eigenvalue weighted by atomic mass is 10.0. The molecule has 1 aromatic carbocycles. The summed E-state index contributed by atoms with van der Waals surface area (Å²) in [6.07, 6.45) is 1.94. The first-order chi connectivity index (χ1) is 6.79. The van der Waals surface area contributed by atoms with Gasteiger partial charge in [-0.25, -0.2) is 5.48 Å². The van der Waals surface area contributed by atoms with E-state index in [1.54, 1.807) is 6.07 Å². The minimum Gasteiger partial charge on any atom is -0.277 e. The minimum absolute atomic E-state index is 0.184. The molecule has 0 aliphatic heterocycles. The highest BCUT2D eigenvalue weighted by atomic mass is 16.6. The molecule has 0 heterocycles. The van der Waals surface area contributed by atoms with Crippen LogP contribution in [-0.4, -0.2) is 13.0 Å². The molecule has 0 radical (unpaired) electrons. The number of carbonyl (C=O) groups is 1. The van der Waals surface area contributed by atoms with Gasteiger partial charge in [0.2, 0.25) is 0 Å². The molecule has 0 aliphatic carbocycles. The second kappa shape index (κ2) is 5.40. The average molecular weight is 193 g/mol. The Morgan fingerprint density at radius 3 is 2.79 bits per heavy atom. The number of aryl methyl sites for hydroxylation is 1. The van der Waals surface area contributed by atoms with Gasteiger partial charge in [-0.05, 0) is 18.1 Å². The molecule has 1 aromatic rings. The van der Waals surface area contributed by atoms with Gasteiger partial charge in [-0.1, -0.05) is 31.5 Å². The maximum atomic E-state index is 11.5. The van der Waals surface area contributed by atoms with Crippen LogP contribution in [0.4, 0.5) is 0 Å². The Morgan fingerprint density at radius 1 is 1.43 bits per heavy atom. The standard InChI is InChI=1S/C11H15NO2/c1-3-6-9-7-4-5-8-10(9)11(13)12-14-2/h4-5,7-8H,3,6H2,1-2H3,(H,12,13). The zero-order valence-corrected chi connectivity index (χ0v) is 8.54. The Kier molecular flexibility index (Phi) is 4.13. The number of carbonyl (C=O) groups excluding carboxylic acids is 1. The molecule has 76 valence electrons. The van der Waals surface area contributed by atoms with E-state index in [-0.39, 0.29) is 5.91 Å². The fraction of sp³-hybridized carbons (Fsp3) is 0.364. The van der Waals surface area contributed by atoms with Crippen molar-refractivity contribution in [3.05, 3.63) is 35.4 Å². The van der Waals surface area contributed by atoms with Crippen LogP contribution in [0.5, 0.6) is 0 Å². The lowest BCUT2D eigenvalue weighted by molar-refractivity contribution is 0.0536. The molecule has 14 heavy (non-hydrogen) atoms. The van der Waals surface area contributed by atoms with Crippen LogP contribution in [0.1, 0.15) is 29.3 Å². The molecular weight excluding hydrogens is 178 g/mol. The van der Waals surface area contributed by atoms with E-state index >= 15 is 0 Å². The van der Waals surface area contributed by atoms with Crippen LogP contribution in [0.15, 0.2) is 24.3 Å². The third-order valence-corrected chi connectivity index (χ3v) is 1.98. The average Bonchev–Trinajstić information content (AvgIpc) is 2.19. The number of benzene rings is 1. The Hall–Kier alpha value is -1.35. The summed E-state index contributed by atoms with van der Waals surface area (Å²) >= 11 is 0. The van der Waals surface area contributed by atoms with Gasteiger partial charge in [0, 0.05) is 5.56 Å². The Labute approximate surface area is 84.0 Å². The van der Waals surface area contributed by atoms with Gasteiger partial charge in [-0.3, -0.25) is 9.63 Å². The van der Waals surface area contributed by atoms with Gasteiger partial charge in [0.15, 0.2) is 0 Å². The SMILES string of the molecule is CCCc1ccccc1C(=O)NOC. The normalized spacial score (nSPS) is 9.86. The quantitative estimate of drug-likeness (QED) is 0.742. The van der Waals surface area contributed by atoms with Crippen LogP contribution in [0, 0.1) is 0 Å². The predicted octanol–water partition coefficient (Wildman–Crippen LogP) is 1.93. The number of hydroxylamine groups is 1. The smallest absolute Gasteiger partial charge is 0.275 e. The molecule has 1 amide bonds. The van der Waals surface area contributed by atoms with Gasteiger partial charge in [-0.15, -0.1) is 0 Å². The molecule has 3 heteroatoms. The molecule has 3 nitrogen and oxygen atoms in total. The first kappa shape index (κ1) is 10.7. The van der Waals surface area contributed by atoms with Crippen molar-refractivity contribution in [1.29, 1.82) is 0 Å². The Balaban J connectivity index is 2.88. The maximum absolute atomic E-state index is 11.5. The molecule has 0 bridgehead atoms. The fourth-order valence-electron chi connectivity index (χ4n) is 1.38. The summed E-state index contributed by atoms with van der Waals surface area (Å²) in [5.74, 6) is -0.184. The summed E-state index contributed by atoms with van der Waals surface area (Å²) in [6.45, 7) is 2.09. The van der Waals surface area contributed by atoms with Crippen molar-refractivity contribution >= 4 is 5.91 Å². The van der Waals surface area contributed by atoms with E-state index in [0.29, 0.717) is 5.56 Å². The maximum Gasteiger partial charge on any atom is 0.275 e. The summed E-state index contributed by atoms with van der Waals surface area (Å²) in [5, 5.41) is 0. The monoisotopic (exact) mass is 193 g/mol. The lowest BCUT2D eigenvalue weighted by Gasteiger charge is -2.07. The van der Waals surface area contributed by atoms with Crippen LogP contribution in [0.2, 0.25) is 0 Å². The molecule has 0 saturated heterocycles. The molecule has 0 saturated carbocycles. The number of amides is 1. The van der Waals surface area contributed by atoms with Crippen molar-refractivity contribution in [2.75, 3.05) is 7.11 Å². The van der Waals surface area contributed by atoms with Crippen LogP contribution >= 0.6 is 0 Å². The van der Waals surface area contributed by atoms with Gasteiger partial charge in [-0.2, -0.15) is 0 Å². The van der Waals surface area contributed by atoms with Crippen molar-refractivity contribution < 1.29 is 9.63 Å². The molecule has 1 rings (SSSR count). The zero-order valence-electron chi connectivity index (χ0n) is 8.54. The van der Waals surface area contributed by atoms with Crippen LogP contribution in [0.3, 0.4) is 0 Å². The second-order valence-electron chi connectivity index (χ2n) is 3.04. The van der Waals surface area contributed by atoms with E-state index < -0.39 is 0 Å². The molecule has 0 aromatic heterocycles. The largest absolute Gasteiger partial charge is 0.277 e. The first-order valence-electron chi connectivity index (χ1n) is 4.70. The summed E-state index contributed by atoms with van der Waals surface area (Å²) in [7, 11) is 1.43. The topological polar surface area (TPSA) is 38.3 Å². The molecule has 1 N–H and O–H groups in total. The van der Waals surface area contributed by atoms with E-state index in [9.17, 15) is 4.79 Å². The number of nitrogens with one attached hydrogen (secondary N) is 1. The van der Waals surface area contributed by atoms with Crippen LogP contribution in [-0.2, 0) is 11.3 Å². The van der Waals surface area contributed by atoms with Gasteiger partial charge < -0.3 is 0 Å². The number of hydrogen-bond donors (Lipinski definition) is 1. The Morgan fingerprint density at radius 2 is 2.14 bits per heavy atom. The van der Waals surface area contributed by atoms with Crippen molar-refractivity contribution in [3.63, 3.8) is 0 Å². The molecular formula is C11H15NO2. The Bertz CT molecular complexity index is 310. The lowest BCUT2D eigenvalue weighted by Crippen LogP contribution is -2.23. The van der Waals surface area contributed by atoms with Crippen LogP contribution < -0.4 is 5.48 Å². The number of hydrogen-bond acceptors (Lipinski definition) is 2. The number of rotatable bonds is 4. The molecule has 0 spiro atoms. The molecule has 0 fully saturated rings. The van der Waals surface area contributed by atoms with E-state index in [2.05, 4.69) is 17.2 Å². The summed E-state index contributed by atoms with van der Waals surface area (Å²) in [4.78, 5) is 16.1. The summed E-state index contributed by atoms with van der Waals surface area (Å²) < 4.78 is 0. The van der Waals surface area contributed by atoms with E-state index in [0.717, 1.165) is 18.4 Å². The van der Waals surface area contributed by atoms with Crippen LogP contribution in [0.25, 0.3) is 0 Å². The first-order valence-corrected chi connectivity index (χ1v) is 4.70. The van der Waals surface area contributed by atoms with Crippen molar-refractivity contribution in [2.24, 2.45) is 0 Å². The van der Waals surface area contributed by atoms with Crippen molar-refractivity contribution in [1.82, 2.24) is 5.48 Å². The van der Waals surface area contributed by atoms with Crippen molar-refractivity contribution in [2.45, 2.75) is 19.8 Å². The minimum atomic E-state index is -0.184. The van der Waals surface area contributed by atoms with Gasteiger partial charge >= 0.3 is 0 Å². The highest BCUT2D eigenvalue weighted by Gasteiger charge is 2.08.